The lowest BCUT2D eigenvalue weighted by Crippen LogP contribution is -2.51. The normalized spacial score (nSPS) is 21.3. The maximum Gasteiger partial charge on any atom is 0.128 e. The van der Waals surface area contributed by atoms with Gasteiger partial charge in [-0.05, 0) is 50.9 Å². The molecule has 0 aliphatic carbocycles. The first kappa shape index (κ1) is 19.3. The van der Waals surface area contributed by atoms with Crippen molar-refractivity contribution in [2.24, 2.45) is 0 Å². The molecule has 0 amide bonds. The second-order valence-corrected chi connectivity index (χ2v) is 6.65. The minimum atomic E-state index is -0.990. The zero-order valence-corrected chi connectivity index (χ0v) is 15.4. The van der Waals surface area contributed by atoms with Crippen LogP contribution in [-0.4, -0.2) is 33.7 Å². The van der Waals surface area contributed by atoms with Crippen molar-refractivity contribution in [2.45, 2.75) is 63.8 Å². The average Bonchev–Trinajstić information content (AvgIpc) is 3.02. The molecule has 3 nitrogen and oxygen atoms in total. The Labute approximate surface area is 139 Å². The van der Waals surface area contributed by atoms with Crippen LogP contribution in [0.2, 0.25) is 0 Å². The molecule has 0 bridgehead atoms. The van der Waals surface area contributed by atoms with Crippen LogP contribution in [0.25, 0.3) is 0 Å². The third-order valence-corrected chi connectivity index (χ3v) is 5.86. The summed E-state index contributed by atoms with van der Waals surface area (Å²) >= 11 is 0. The molecule has 3 rings (SSSR count). The van der Waals surface area contributed by atoms with Gasteiger partial charge in [0.15, 0.2) is 0 Å². The molecular weight excluding hydrogens is 292 g/mol. The van der Waals surface area contributed by atoms with E-state index in [2.05, 4.69) is 9.62 Å². The van der Waals surface area contributed by atoms with E-state index in [0.717, 1.165) is 37.4 Å². The zero-order chi connectivity index (χ0) is 16.4. The first-order valence-electron chi connectivity index (χ1n) is 8.77. The molecule has 1 aromatic rings. The number of nitrogens with one attached hydrogen (secondary N) is 1. The highest BCUT2D eigenvalue weighted by Crippen LogP contribution is 2.39. The van der Waals surface area contributed by atoms with Crippen LogP contribution < -0.4 is 5.32 Å². The molecule has 1 atom stereocenters. The van der Waals surface area contributed by atoms with Gasteiger partial charge in [-0.25, -0.2) is 8.51 Å². The van der Waals surface area contributed by atoms with Gasteiger partial charge in [-0.15, -0.1) is 0 Å². The van der Waals surface area contributed by atoms with Crippen LogP contribution in [0.4, 0.5) is 0 Å². The highest BCUT2D eigenvalue weighted by Gasteiger charge is 2.44. The molecule has 2 saturated heterocycles. The Kier molecular flexibility index (Phi) is 8.91. The third-order valence-electron chi connectivity index (χ3n) is 4.21. The first-order valence-corrected chi connectivity index (χ1v) is 9.88. The van der Waals surface area contributed by atoms with E-state index in [1.165, 1.54) is 12.8 Å². The van der Waals surface area contributed by atoms with E-state index < -0.39 is 11.0 Å². The molecule has 4 heteroatoms. The summed E-state index contributed by atoms with van der Waals surface area (Å²) in [5, 5.41) is 3.41. The van der Waals surface area contributed by atoms with Gasteiger partial charge in [0.1, 0.15) is 11.0 Å². The number of piperidine rings is 1. The minimum Gasteiger partial charge on any atom is -0.317 e. The van der Waals surface area contributed by atoms with Crippen LogP contribution in [0.3, 0.4) is 0 Å². The lowest BCUT2D eigenvalue weighted by Gasteiger charge is -2.40. The van der Waals surface area contributed by atoms with E-state index in [1.807, 2.05) is 58.0 Å². The van der Waals surface area contributed by atoms with Gasteiger partial charge in [-0.3, -0.25) is 0 Å². The lowest BCUT2D eigenvalue weighted by molar-refractivity contribution is 0.188. The van der Waals surface area contributed by atoms with Crippen LogP contribution in [0.1, 0.15) is 53.4 Å². The molecule has 126 valence electrons. The Morgan fingerprint density at radius 2 is 1.59 bits per heavy atom. The number of nitrogens with zero attached hydrogens (tertiary/aromatic N) is 1. The van der Waals surface area contributed by atoms with E-state index in [9.17, 15) is 4.21 Å². The van der Waals surface area contributed by atoms with Crippen LogP contribution in [0.15, 0.2) is 35.2 Å². The van der Waals surface area contributed by atoms with Gasteiger partial charge in [0.25, 0.3) is 0 Å². The van der Waals surface area contributed by atoms with Crippen molar-refractivity contribution in [1.29, 1.82) is 0 Å². The zero-order valence-electron chi connectivity index (χ0n) is 14.6. The van der Waals surface area contributed by atoms with Crippen LogP contribution in [0.5, 0.6) is 0 Å². The van der Waals surface area contributed by atoms with Crippen molar-refractivity contribution in [3.8, 4) is 0 Å². The molecular formula is C18H32N2OS. The first-order chi connectivity index (χ1) is 10.8. The second-order valence-electron chi connectivity index (χ2n) is 5.24. The van der Waals surface area contributed by atoms with Crippen molar-refractivity contribution >= 4 is 11.0 Å². The fraction of sp³-hybridized carbons (Fsp3) is 0.667. The summed E-state index contributed by atoms with van der Waals surface area (Å²) in [5.74, 6) is 0. The quantitative estimate of drug-likeness (QED) is 0.892. The highest BCUT2D eigenvalue weighted by molar-refractivity contribution is 7.82. The van der Waals surface area contributed by atoms with Crippen LogP contribution in [0, 0.1) is 0 Å². The number of rotatable bonds is 2. The third kappa shape index (κ3) is 4.40. The molecule has 1 N–H and O–H groups in total. The Morgan fingerprint density at radius 3 is 2.18 bits per heavy atom. The fourth-order valence-corrected chi connectivity index (χ4v) is 4.79. The summed E-state index contributed by atoms with van der Waals surface area (Å²) in [6.45, 7) is 11.1. The van der Waals surface area contributed by atoms with E-state index in [1.54, 1.807) is 0 Å². The summed E-state index contributed by atoms with van der Waals surface area (Å²) in [6, 6.07) is 9.87. The minimum absolute atomic E-state index is 0.186. The maximum atomic E-state index is 12.7. The molecule has 0 aromatic heterocycles. The maximum absolute atomic E-state index is 12.7. The molecule has 1 aromatic carbocycles. The molecule has 0 radical (unpaired) electrons. The molecule has 2 aliphatic rings. The molecule has 1 spiro atoms. The molecule has 22 heavy (non-hydrogen) atoms. The standard InChI is InChI=1S/C14H20N2OS.2C2H6/c17-18(13-5-2-1-3-6-13)16-12-4-7-14(16)8-10-15-11-9-14;2*1-2/h1-3,5-6,15H,4,7-12H2;2*1-2H3. The average molecular weight is 325 g/mol. The smallest absolute Gasteiger partial charge is 0.128 e. The van der Waals surface area contributed by atoms with E-state index in [4.69, 9.17) is 0 Å². The molecule has 2 fully saturated rings. The molecule has 2 aliphatic heterocycles. The van der Waals surface area contributed by atoms with E-state index in [-0.39, 0.29) is 5.54 Å². The van der Waals surface area contributed by atoms with Gasteiger partial charge in [0.05, 0.1) is 4.90 Å². The Balaban J connectivity index is 0.000000561. The largest absolute Gasteiger partial charge is 0.317 e. The molecule has 1 unspecified atom stereocenters. The Hall–Kier alpha value is -0.710. The van der Waals surface area contributed by atoms with Crippen molar-refractivity contribution in [2.75, 3.05) is 19.6 Å². The van der Waals surface area contributed by atoms with Gasteiger partial charge >= 0.3 is 0 Å². The topological polar surface area (TPSA) is 32.3 Å². The van der Waals surface area contributed by atoms with Gasteiger partial charge in [0, 0.05) is 12.1 Å². The fourth-order valence-electron chi connectivity index (χ4n) is 3.23. The molecule has 2 heterocycles. The lowest BCUT2D eigenvalue weighted by atomic mass is 9.87. The van der Waals surface area contributed by atoms with Crippen molar-refractivity contribution in [3.05, 3.63) is 30.3 Å². The predicted octanol–water partition coefficient (Wildman–Crippen LogP) is 3.98. The predicted molar refractivity (Wildman–Crippen MR) is 96.3 cm³/mol. The Bertz CT molecular complexity index is 430. The van der Waals surface area contributed by atoms with Crippen molar-refractivity contribution < 1.29 is 4.21 Å². The summed E-state index contributed by atoms with van der Waals surface area (Å²) in [4.78, 5) is 0.942. The monoisotopic (exact) mass is 324 g/mol. The van der Waals surface area contributed by atoms with E-state index in [0.29, 0.717) is 0 Å². The van der Waals surface area contributed by atoms with Gasteiger partial charge in [-0.1, -0.05) is 45.9 Å². The van der Waals surface area contributed by atoms with E-state index >= 15 is 0 Å². The summed E-state index contributed by atoms with van der Waals surface area (Å²) < 4.78 is 15.0. The van der Waals surface area contributed by atoms with Crippen molar-refractivity contribution in [1.82, 2.24) is 9.62 Å². The number of hydrogen-bond acceptors (Lipinski definition) is 2. The van der Waals surface area contributed by atoms with Crippen molar-refractivity contribution in [3.63, 3.8) is 0 Å². The second kappa shape index (κ2) is 10.1. The van der Waals surface area contributed by atoms with Crippen LogP contribution in [-0.2, 0) is 11.0 Å². The highest BCUT2D eigenvalue weighted by atomic mass is 32.2. The molecule has 0 saturated carbocycles. The summed E-state index contributed by atoms with van der Waals surface area (Å²) in [5.41, 5.74) is 0.186. The van der Waals surface area contributed by atoms with Gasteiger partial charge < -0.3 is 5.32 Å². The number of hydrogen-bond donors (Lipinski definition) is 1. The Morgan fingerprint density at radius 1 is 1.00 bits per heavy atom. The summed E-state index contributed by atoms with van der Waals surface area (Å²) in [6.07, 6.45) is 4.64. The van der Waals surface area contributed by atoms with Gasteiger partial charge in [-0.2, -0.15) is 0 Å². The summed E-state index contributed by atoms with van der Waals surface area (Å²) in [7, 11) is -0.990. The SMILES string of the molecule is CC.CC.O=S(c1ccccc1)N1CCCC12CCNCC2. The van der Waals surface area contributed by atoms with Crippen LogP contribution >= 0.6 is 0 Å². The van der Waals surface area contributed by atoms with Gasteiger partial charge in [0.2, 0.25) is 0 Å². The number of benzene rings is 1.